The third kappa shape index (κ3) is 3.05. The van der Waals surface area contributed by atoms with Crippen molar-refractivity contribution in [2.75, 3.05) is 14.2 Å². The zero-order valence-corrected chi connectivity index (χ0v) is 20.1. The normalized spacial score (nSPS) is 26.9. The van der Waals surface area contributed by atoms with E-state index in [1.165, 1.54) is 26.4 Å². The smallest absolute Gasteiger partial charge is 0.207 e. The van der Waals surface area contributed by atoms with Gasteiger partial charge in [0.2, 0.25) is 6.41 Å². The molecule has 1 amide bonds. The summed E-state index contributed by atoms with van der Waals surface area (Å²) < 4.78 is 33.0. The first-order valence-electron chi connectivity index (χ1n) is 10.8. The van der Waals surface area contributed by atoms with Crippen molar-refractivity contribution in [3.05, 3.63) is 87.6 Å². The van der Waals surface area contributed by atoms with E-state index < -0.39 is 29.0 Å². The number of halogens is 2. The lowest BCUT2D eigenvalue weighted by molar-refractivity contribution is -0.126. The van der Waals surface area contributed by atoms with Crippen molar-refractivity contribution >= 4 is 22.3 Å². The van der Waals surface area contributed by atoms with Crippen LogP contribution in [0.15, 0.2) is 65.1 Å². The van der Waals surface area contributed by atoms with Crippen LogP contribution in [-0.2, 0) is 16.0 Å². The minimum absolute atomic E-state index is 0.309. The van der Waals surface area contributed by atoms with Gasteiger partial charge in [-0.2, -0.15) is 0 Å². The predicted octanol–water partition coefficient (Wildman–Crippen LogP) is 4.38. The Morgan fingerprint density at radius 1 is 1.15 bits per heavy atom. The van der Waals surface area contributed by atoms with Gasteiger partial charge in [0, 0.05) is 22.5 Å². The molecule has 0 aromatic heterocycles. The third-order valence-electron chi connectivity index (χ3n) is 6.97. The summed E-state index contributed by atoms with van der Waals surface area (Å²) in [5.74, 6) is 0.338. The van der Waals surface area contributed by atoms with Crippen molar-refractivity contribution in [2.45, 2.75) is 29.6 Å². The summed E-state index contributed by atoms with van der Waals surface area (Å²) in [6, 6.07) is 16.3. The van der Waals surface area contributed by atoms with Gasteiger partial charge in [-0.1, -0.05) is 40.2 Å². The monoisotopic (exact) mass is 527 g/mol. The Kier molecular flexibility index (Phi) is 5.53. The molecule has 34 heavy (non-hydrogen) atoms. The van der Waals surface area contributed by atoms with Crippen LogP contribution in [0, 0.1) is 5.82 Å². The number of rotatable bonds is 6. The van der Waals surface area contributed by atoms with E-state index >= 15 is 0 Å². The molecule has 1 saturated carbocycles. The Bertz CT molecular complexity index is 1250. The molecule has 0 spiro atoms. The lowest BCUT2D eigenvalue weighted by Gasteiger charge is -2.41. The lowest BCUT2D eigenvalue weighted by Crippen LogP contribution is -2.55. The quantitative estimate of drug-likeness (QED) is 0.465. The zero-order valence-electron chi connectivity index (χ0n) is 18.5. The van der Waals surface area contributed by atoms with Crippen LogP contribution in [0.1, 0.15) is 29.0 Å². The van der Waals surface area contributed by atoms with Gasteiger partial charge in [-0.3, -0.25) is 4.79 Å². The Balaban J connectivity index is 1.85. The Hall–Kier alpha value is -3.10. The van der Waals surface area contributed by atoms with Gasteiger partial charge < -0.3 is 24.6 Å². The standard InChI is InChI=1S/C26H23BrFNO5/c1-32-19-11-21(33-2)24-22(12-19)34-26(16-6-8-17(27)9-7-16)20(15-4-3-5-18(28)10-15)13-23(29-14-30)25(24,26)31/h3-12,14,20,23,31H,13H2,1-2H3,(H,29,30). The summed E-state index contributed by atoms with van der Waals surface area (Å²) in [7, 11) is 3.03. The van der Waals surface area contributed by atoms with Crippen LogP contribution >= 0.6 is 15.9 Å². The largest absolute Gasteiger partial charge is 0.496 e. The molecule has 5 rings (SSSR count). The number of nitrogens with one attached hydrogen (secondary N) is 1. The van der Waals surface area contributed by atoms with Crippen molar-refractivity contribution in [3.63, 3.8) is 0 Å². The molecule has 3 aromatic rings. The van der Waals surface area contributed by atoms with Crippen LogP contribution in [0.2, 0.25) is 0 Å². The van der Waals surface area contributed by atoms with Crippen LogP contribution in [0.3, 0.4) is 0 Å². The van der Waals surface area contributed by atoms with Gasteiger partial charge in [-0.15, -0.1) is 0 Å². The fourth-order valence-electron chi connectivity index (χ4n) is 5.62. The minimum atomic E-state index is -1.73. The second kappa shape index (κ2) is 8.29. The number of benzene rings is 3. The van der Waals surface area contributed by atoms with Gasteiger partial charge in [0.1, 0.15) is 23.1 Å². The van der Waals surface area contributed by atoms with Crippen molar-refractivity contribution in [3.8, 4) is 17.2 Å². The molecule has 176 valence electrons. The third-order valence-corrected chi connectivity index (χ3v) is 7.50. The molecule has 1 fully saturated rings. The van der Waals surface area contributed by atoms with Crippen LogP contribution in [0.25, 0.3) is 0 Å². The maximum atomic E-state index is 14.3. The van der Waals surface area contributed by atoms with E-state index in [-0.39, 0.29) is 0 Å². The molecule has 8 heteroatoms. The summed E-state index contributed by atoms with van der Waals surface area (Å²) in [5.41, 5.74) is -1.37. The number of carbonyl (C=O) groups excluding carboxylic acids is 1. The minimum Gasteiger partial charge on any atom is -0.496 e. The van der Waals surface area contributed by atoms with E-state index in [1.54, 1.807) is 18.2 Å². The molecule has 4 atom stereocenters. The summed E-state index contributed by atoms with van der Waals surface area (Å²) in [5, 5.41) is 15.4. The van der Waals surface area contributed by atoms with Crippen LogP contribution in [0.5, 0.6) is 17.2 Å². The summed E-state index contributed by atoms with van der Waals surface area (Å²) in [6.07, 6.45) is 0.875. The second-order valence-electron chi connectivity index (χ2n) is 8.49. The number of hydrogen-bond donors (Lipinski definition) is 2. The van der Waals surface area contributed by atoms with E-state index in [2.05, 4.69) is 21.2 Å². The molecule has 1 aliphatic carbocycles. The molecule has 0 saturated heterocycles. The van der Waals surface area contributed by atoms with Crippen molar-refractivity contribution < 1.29 is 28.5 Å². The van der Waals surface area contributed by atoms with Crippen molar-refractivity contribution in [2.24, 2.45) is 0 Å². The van der Waals surface area contributed by atoms with Gasteiger partial charge in [0.15, 0.2) is 11.2 Å². The lowest BCUT2D eigenvalue weighted by atomic mass is 9.71. The van der Waals surface area contributed by atoms with E-state index in [0.717, 1.165) is 4.47 Å². The first-order chi connectivity index (χ1) is 16.4. The highest BCUT2D eigenvalue weighted by atomic mass is 79.9. The average Bonchev–Trinajstić information content (AvgIpc) is 3.24. The highest BCUT2D eigenvalue weighted by Gasteiger charge is 2.73. The molecule has 1 aliphatic heterocycles. The number of ether oxygens (including phenoxy) is 3. The van der Waals surface area contributed by atoms with E-state index in [9.17, 15) is 14.3 Å². The van der Waals surface area contributed by atoms with E-state index in [0.29, 0.717) is 46.8 Å². The van der Waals surface area contributed by atoms with E-state index in [4.69, 9.17) is 14.2 Å². The maximum absolute atomic E-state index is 14.3. The topological polar surface area (TPSA) is 77.0 Å². The number of hydrogen-bond acceptors (Lipinski definition) is 5. The molecule has 6 nitrogen and oxygen atoms in total. The second-order valence-corrected chi connectivity index (χ2v) is 9.41. The van der Waals surface area contributed by atoms with Crippen LogP contribution in [-0.4, -0.2) is 31.8 Å². The number of carbonyl (C=O) groups is 1. The van der Waals surface area contributed by atoms with E-state index in [1.807, 2.05) is 30.3 Å². The van der Waals surface area contributed by atoms with Crippen LogP contribution in [0.4, 0.5) is 4.39 Å². The predicted molar refractivity (Wildman–Crippen MR) is 127 cm³/mol. The summed E-state index contributed by atoms with van der Waals surface area (Å²) in [4.78, 5) is 11.7. The molecule has 2 aliphatic rings. The van der Waals surface area contributed by atoms with Crippen molar-refractivity contribution in [1.82, 2.24) is 5.32 Å². The molecule has 3 aromatic carbocycles. The summed E-state index contributed by atoms with van der Waals surface area (Å²) in [6.45, 7) is 0. The number of amides is 1. The number of aliphatic hydroxyl groups is 1. The van der Waals surface area contributed by atoms with Gasteiger partial charge in [0.25, 0.3) is 0 Å². The zero-order chi connectivity index (χ0) is 24.1. The molecular formula is C26H23BrFNO5. The summed E-state index contributed by atoms with van der Waals surface area (Å²) >= 11 is 3.47. The first kappa shape index (κ1) is 22.7. The Morgan fingerprint density at radius 2 is 1.91 bits per heavy atom. The Labute approximate surface area is 204 Å². The van der Waals surface area contributed by atoms with Gasteiger partial charge >= 0.3 is 0 Å². The fourth-order valence-corrected chi connectivity index (χ4v) is 5.89. The molecular weight excluding hydrogens is 505 g/mol. The first-order valence-corrected chi connectivity index (χ1v) is 11.6. The van der Waals surface area contributed by atoms with Crippen molar-refractivity contribution in [1.29, 1.82) is 0 Å². The van der Waals surface area contributed by atoms with Gasteiger partial charge in [-0.05, 0) is 41.8 Å². The maximum Gasteiger partial charge on any atom is 0.207 e. The SMILES string of the molecule is COc1cc(OC)c2c(c1)OC1(c3ccc(Br)cc3)C(c3cccc(F)c3)CC(NC=O)C21O. The fraction of sp³-hybridized carbons (Fsp3) is 0.269. The van der Waals surface area contributed by atoms with Gasteiger partial charge in [-0.25, -0.2) is 4.39 Å². The highest BCUT2D eigenvalue weighted by molar-refractivity contribution is 9.10. The van der Waals surface area contributed by atoms with Crippen LogP contribution < -0.4 is 19.5 Å². The molecule has 0 radical (unpaired) electrons. The number of methoxy groups -OCH3 is 2. The highest BCUT2D eigenvalue weighted by Crippen LogP contribution is 2.68. The molecule has 1 heterocycles. The van der Waals surface area contributed by atoms with Gasteiger partial charge in [0.05, 0.1) is 25.8 Å². The average molecular weight is 528 g/mol. The molecule has 4 unspecified atom stereocenters. The Morgan fingerprint density at radius 3 is 2.56 bits per heavy atom. The molecule has 2 N–H and O–H groups in total. The molecule has 0 bridgehead atoms. The number of fused-ring (bicyclic) bond motifs is 3.